The third-order valence-corrected chi connectivity index (χ3v) is 10.5. The number of fused-ring (bicyclic) bond motifs is 2. The Labute approximate surface area is 234 Å². The summed E-state index contributed by atoms with van der Waals surface area (Å²) in [6.45, 7) is 1.27. The molecule has 0 saturated carbocycles. The molecule has 3 aromatic rings. The Morgan fingerprint density at radius 2 is 1.63 bits per heavy atom. The van der Waals surface area contributed by atoms with Crippen molar-refractivity contribution in [2.24, 2.45) is 5.92 Å². The molecule has 0 radical (unpaired) electrons. The van der Waals surface area contributed by atoms with Gasteiger partial charge in [0.05, 0.1) is 16.6 Å². The smallest absolute Gasteiger partial charge is 0.308 e. The van der Waals surface area contributed by atoms with Crippen LogP contribution in [0.15, 0.2) is 62.8 Å². The highest BCUT2D eigenvalue weighted by Gasteiger charge is 2.56. The number of rotatable bonds is 4. The maximum Gasteiger partial charge on any atom is 0.308 e. The van der Waals surface area contributed by atoms with Gasteiger partial charge >= 0.3 is 4.87 Å². The third kappa shape index (κ3) is 4.34. The number of hydrogen-bond acceptors (Lipinski definition) is 6. The van der Waals surface area contributed by atoms with E-state index in [2.05, 4.69) is 15.9 Å². The molecule has 38 heavy (non-hydrogen) atoms. The van der Waals surface area contributed by atoms with Crippen LogP contribution in [-0.2, 0) is 20.9 Å². The molecule has 2 aromatic carbocycles. The third-order valence-electron chi connectivity index (χ3n) is 7.37. The van der Waals surface area contributed by atoms with Crippen LogP contribution < -0.4 is 9.77 Å². The second-order valence-corrected chi connectivity index (χ2v) is 12.7. The average Bonchev–Trinajstić information content (AvgIpc) is 3.36. The van der Waals surface area contributed by atoms with Gasteiger partial charge in [0.15, 0.2) is 0 Å². The Morgan fingerprint density at radius 1 is 0.947 bits per heavy atom. The number of aromatic nitrogens is 1. The van der Waals surface area contributed by atoms with Crippen LogP contribution in [0.4, 0.5) is 10.1 Å². The minimum Gasteiger partial charge on any atom is -0.341 e. The van der Waals surface area contributed by atoms with Crippen molar-refractivity contribution in [3.8, 4) is 0 Å². The number of imide groups is 1. The van der Waals surface area contributed by atoms with Gasteiger partial charge in [-0.2, -0.15) is 0 Å². The number of anilines is 1. The topological polar surface area (TPSA) is 79.7 Å². The fraction of sp³-hybridized carbons (Fsp3) is 0.333. The first-order valence-corrected chi connectivity index (χ1v) is 14.9. The van der Waals surface area contributed by atoms with E-state index in [-0.39, 0.29) is 23.2 Å². The van der Waals surface area contributed by atoms with E-state index in [1.165, 1.54) is 40.6 Å². The predicted octanol–water partition coefficient (Wildman–Crippen LogP) is 4.62. The van der Waals surface area contributed by atoms with E-state index < -0.39 is 28.8 Å². The molecule has 3 amide bonds. The summed E-state index contributed by atoms with van der Waals surface area (Å²) in [5.41, 5.74) is 1.12. The van der Waals surface area contributed by atoms with Gasteiger partial charge in [-0.3, -0.25) is 23.7 Å². The number of benzene rings is 2. The van der Waals surface area contributed by atoms with Gasteiger partial charge in [0.1, 0.15) is 17.6 Å². The fourth-order valence-corrected chi connectivity index (χ4v) is 8.55. The average molecular weight is 617 g/mol. The Kier molecular flexibility index (Phi) is 6.77. The number of likely N-dealkylation sites (tertiary alicyclic amines) is 1. The second-order valence-electron chi connectivity index (χ2n) is 9.65. The summed E-state index contributed by atoms with van der Waals surface area (Å²) in [6, 6.07) is 12.8. The molecule has 4 heterocycles. The Morgan fingerprint density at radius 3 is 2.32 bits per heavy atom. The first kappa shape index (κ1) is 25.5. The summed E-state index contributed by atoms with van der Waals surface area (Å²) in [6.07, 6.45) is 2.98. The standard InChI is InChI=1S/C27H23BrFN3O4S2/c28-16-6-4-15(5-7-16)20-21-22(25(35)32(24(21)34)18-10-8-17(29)9-11-18)37-26-23(20)38-27(36)31(26)14-19(33)30-12-2-1-3-13-30/h4-11,20-22H,1-3,12-14H2/t20-,21-,22+/m0/s1. The lowest BCUT2D eigenvalue weighted by Gasteiger charge is -2.31. The number of thiazole rings is 1. The first-order valence-electron chi connectivity index (χ1n) is 12.4. The summed E-state index contributed by atoms with van der Waals surface area (Å²) in [5, 5.41) is -0.208. The molecule has 3 atom stereocenters. The minimum absolute atomic E-state index is 0.0913. The van der Waals surface area contributed by atoms with Crippen LogP contribution in [0.3, 0.4) is 0 Å². The summed E-state index contributed by atoms with van der Waals surface area (Å²) in [4.78, 5) is 57.2. The van der Waals surface area contributed by atoms with Crippen molar-refractivity contribution in [2.45, 2.75) is 42.0 Å². The van der Waals surface area contributed by atoms with E-state index in [0.717, 1.165) is 45.5 Å². The minimum atomic E-state index is -0.779. The SMILES string of the molecule is O=C(Cn1c2c(sc1=O)[C@@H](c1ccc(Br)cc1)[C@@H]1C(=O)N(c3ccc(F)cc3)C(=O)[C@@H]1S2)N1CCCCC1. The van der Waals surface area contributed by atoms with Crippen molar-refractivity contribution >= 4 is 62.4 Å². The number of carbonyl (C=O) groups is 3. The number of thioether (sulfide) groups is 1. The molecule has 196 valence electrons. The zero-order chi connectivity index (χ0) is 26.6. The van der Waals surface area contributed by atoms with Crippen LogP contribution in [0, 0.1) is 11.7 Å². The molecule has 0 unspecified atom stereocenters. The number of amides is 3. The van der Waals surface area contributed by atoms with Gasteiger partial charge in [-0.15, -0.1) is 0 Å². The van der Waals surface area contributed by atoms with Crippen molar-refractivity contribution in [1.82, 2.24) is 9.47 Å². The van der Waals surface area contributed by atoms with Gasteiger partial charge < -0.3 is 4.90 Å². The van der Waals surface area contributed by atoms with E-state index >= 15 is 0 Å². The van der Waals surface area contributed by atoms with Crippen LogP contribution >= 0.6 is 39.0 Å². The summed E-state index contributed by atoms with van der Waals surface area (Å²) in [5.74, 6) is -2.63. The Hall–Kier alpha value is -2.76. The van der Waals surface area contributed by atoms with Crippen molar-refractivity contribution in [3.05, 3.63) is 78.9 Å². The molecule has 0 spiro atoms. The molecule has 11 heteroatoms. The van der Waals surface area contributed by atoms with Gasteiger partial charge in [0.2, 0.25) is 17.7 Å². The summed E-state index contributed by atoms with van der Waals surface area (Å²) in [7, 11) is 0. The zero-order valence-corrected chi connectivity index (χ0v) is 23.4. The molecule has 3 aliphatic heterocycles. The lowest BCUT2D eigenvalue weighted by Crippen LogP contribution is -2.39. The van der Waals surface area contributed by atoms with Crippen LogP contribution in [0.25, 0.3) is 0 Å². The van der Waals surface area contributed by atoms with Crippen molar-refractivity contribution in [2.75, 3.05) is 18.0 Å². The summed E-state index contributed by atoms with van der Waals surface area (Å²) < 4.78 is 15.9. The van der Waals surface area contributed by atoms with Gasteiger partial charge in [-0.05, 0) is 61.2 Å². The molecule has 3 aliphatic rings. The quantitative estimate of drug-likeness (QED) is 0.400. The molecule has 0 bridgehead atoms. The normalized spacial score (nSPS) is 22.9. The van der Waals surface area contributed by atoms with Gasteiger partial charge in [-0.1, -0.05) is 51.2 Å². The van der Waals surface area contributed by atoms with E-state index in [1.54, 1.807) is 4.90 Å². The highest BCUT2D eigenvalue weighted by atomic mass is 79.9. The molecule has 2 fully saturated rings. The molecule has 0 N–H and O–H groups in total. The molecule has 2 saturated heterocycles. The molecule has 1 aromatic heterocycles. The van der Waals surface area contributed by atoms with Crippen LogP contribution in [-0.4, -0.2) is 45.5 Å². The molecular weight excluding hydrogens is 593 g/mol. The number of nitrogens with zero attached hydrogens (tertiary/aromatic N) is 3. The Bertz CT molecular complexity index is 1480. The number of carbonyl (C=O) groups excluding carboxylic acids is 3. The molecule has 6 rings (SSSR count). The lowest BCUT2D eigenvalue weighted by atomic mass is 9.83. The predicted molar refractivity (Wildman–Crippen MR) is 147 cm³/mol. The summed E-state index contributed by atoms with van der Waals surface area (Å²) >= 11 is 5.67. The number of halogens is 2. The van der Waals surface area contributed by atoms with Crippen molar-refractivity contribution < 1.29 is 18.8 Å². The van der Waals surface area contributed by atoms with Crippen molar-refractivity contribution in [3.63, 3.8) is 0 Å². The lowest BCUT2D eigenvalue weighted by molar-refractivity contribution is -0.133. The number of hydrogen-bond donors (Lipinski definition) is 0. The molecular formula is C27H23BrFN3O4S2. The van der Waals surface area contributed by atoms with Gasteiger partial charge in [0.25, 0.3) is 0 Å². The Balaban J connectivity index is 1.43. The zero-order valence-electron chi connectivity index (χ0n) is 20.1. The van der Waals surface area contributed by atoms with E-state index in [1.807, 2.05) is 24.3 Å². The first-order chi connectivity index (χ1) is 18.3. The van der Waals surface area contributed by atoms with Gasteiger partial charge in [0, 0.05) is 28.4 Å². The fourth-order valence-electron chi connectivity index (χ4n) is 5.51. The monoisotopic (exact) mass is 615 g/mol. The second kappa shape index (κ2) is 10.1. The van der Waals surface area contributed by atoms with Crippen LogP contribution in [0.5, 0.6) is 0 Å². The maximum atomic E-state index is 13.8. The number of piperidine rings is 1. The highest BCUT2D eigenvalue weighted by molar-refractivity contribution is 9.10. The van der Waals surface area contributed by atoms with E-state index in [9.17, 15) is 23.6 Å². The van der Waals surface area contributed by atoms with E-state index in [4.69, 9.17) is 0 Å². The largest absolute Gasteiger partial charge is 0.341 e. The van der Waals surface area contributed by atoms with Crippen molar-refractivity contribution in [1.29, 1.82) is 0 Å². The van der Waals surface area contributed by atoms with Crippen LogP contribution in [0.2, 0.25) is 0 Å². The van der Waals surface area contributed by atoms with Crippen LogP contribution in [0.1, 0.15) is 35.6 Å². The maximum absolute atomic E-state index is 13.8. The van der Waals surface area contributed by atoms with Gasteiger partial charge in [-0.25, -0.2) is 9.29 Å². The molecule has 0 aliphatic carbocycles. The van der Waals surface area contributed by atoms with E-state index in [0.29, 0.717) is 28.7 Å². The highest BCUT2D eigenvalue weighted by Crippen LogP contribution is 2.54. The molecule has 7 nitrogen and oxygen atoms in total.